The quantitative estimate of drug-likeness (QED) is 0.924. The van der Waals surface area contributed by atoms with Crippen LogP contribution in [0.5, 0.6) is 5.75 Å². The number of rotatable bonds is 3. The van der Waals surface area contributed by atoms with Gasteiger partial charge in [0.05, 0.1) is 5.56 Å². The molecule has 1 aromatic carbocycles. The van der Waals surface area contributed by atoms with Crippen molar-refractivity contribution >= 4 is 11.8 Å². The number of likely N-dealkylation sites (tertiary alicyclic amines) is 2. The van der Waals surface area contributed by atoms with Crippen LogP contribution in [-0.4, -0.2) is 51.9 Å². The minimum absolute atomic E-state index is 0.0120. The Bertz CT molecular complexity index is 662. The summed E-state index contributed by atoms with van der Waals surface area (Å²) in [5.74, 6) is -1.35. The van der Waals surface area contributed by atoms with Crippen molar-refractivity contribution in [3.8, 4) is 5.75 Å². The molecule has 1 atom stereocenters. The van der Waals surface area contributed by atoms with Gasteiger partial charge < -0.3 is 14.9 Å². The Balaban J connectivity index is 1.93. The van der Waals surface area contributed by atoms with Crippen LogP contribution in [0.15, 0.2) is 18.2 Å². The highest BCUT2D eigenvalue weighted by Gasteiger charge is 2.52. The Kier molecular flexibility index (Phi) is 4.47. The Morgan fingerprint density at radius 3 is 2.71 bits per heavy atom. The normalized spacial score (nSPS) is 24.0. The SMILES string of the molecule is CCCN1CCCC2(CCCN2C(=O)c2cc(O)ccc2F)C1=O. The molecule has 0 aliphatic carbocycles. The highest BCUT2D eigenvalue weighted by atomic mass is 19.1. The summed E-state index contributed by atoms with van der Waals surface area (Å²) in [4.78, 5) is 29.3. The number of carbonyl (C=O) groups excluding carboxylic acids is 2. The van der Waals surface area contributed by atoms with Gasteiger partial charge in [0.1, 0.15) is 17.1 Å². The van der Waals surface area contributed by atoms with Crippen LogP contribution in [0.25, 0.3) is 0 Å². The molecule has 3 rings (SSSR count). The molecule has 2 heterocycles. The summed E-state index contributed by atoms with van der Waals surface area (Å²) in [5.41, 5.74) is -1.01. The Hall–Kier alpha value is -2.11. The number of hydrogen-bond acceptors (Lipinski definition) is 3. The summed E-state index contributed by atoms with van der Waals surface area (Å²) in [6, 6.07) is 3.43. The van der Waals surface area contributed by atoms with Gasteiger partial charge in [-0.1, -0.05) is 6.92 Å². The predicted octanol–water partition coefficient (Wildman–Crippen LogP) is 2.54. The molecule has 2 aliphatic heterocycles. The number of piperidine rings is 1. The van der Waals surface area contributed by atoms with Crippen molar-refractivity contribution < 1.29 is 19.1 Å². The van der Waals surface area contributed by atoms with E-state index in [1.807, 2.05) is 11.8 Å². The molecular weight excluding hydrogens is 311 g/mol. The van der Waals surface area contributed by atoms with E-state index in [-0.39, 0.29) is 17.2 Å². The van der Waals surface area contributed by atoms with Crippen LogP contribution in [0.3, 0.4) is 0 Å². The predicted molar refractivity (Wildman–Crippen MR) is 87.2 cm³/mol. The molecule has 0 aromatic heterocycles. The first-order valence-corrected chi connectivity index (χ1v) is 8.59. The topological polar surface area (TPSA) is 60.9 Å². The third-order valence-corrected chi connectivity index (χ3v) is 5.11. The van der Waals surface area contributed by atoms with E-state index in [2.05, 4.69) is 0 Å². The maximum atomic E-state index is 14.1. The number of phenolic OH excluding ortho intramolecular Hbond substituents is 1. The number of halogens is 1. The Labute approximate surface area is 141 Å². The summed E-state index contributed by atoms with van der Waals surface area (Å²) in [6.45, 7) is 3.87. The van der Waals surface area contributed by atoms with Crippen molar-refractivity contribution in [1.82, 2.24) is 9.80 Å². The molecule has 0 radical (unpaired) electrons. The van der Waals surface area contributed by atoms with Crippen molar-refractivity contribution in [1.29, 1.82) is 0 Å². The second-order valence-electron chi connectivity index (χ2n) is 6.65. The molecule has 1 N–H and O–H groups in total. The minimum atomic E-state index is -0.845. The van der Waals surface area contributed by atoms with E-state index in [0.29, 0.717) is 25.9 Å². The van der Waals surface area contributed by atoms with Gasteiger partial charge in [0, 0.05) is 19.6 Å². The third-order valence-electron chi connectivity index (χ3n) is 5.11. The molecule has 0 saturated carbocycles. The van der Waals surface area contributed by atoms with Gasteiger partial charge in [-0.05, 0) is 50.3 Å². The molecule has 130 valence electrons. The number of aromatic hydroxyl groups is 1. The van der Waals surface area contributed by atoms with Gasteiger partial charge in [-0.2, -0.15) is 0 Å². The lowest BCUT2D eigenvalue weighted by atomic mass is 9.85. The monoisotopic (exact) mass is 334 g/mol. The molecule has 1 aromatic rings. The lowest BCUT2D eigenvalue weighted by Gasteiger charge is -2.44. The fourth-order valence-electron chi connectivity index (χ4n) is 4.03. The molecule has 1 unspecified atom stereocenters. The summed E-state index contributed by atoms with van der Waals surface area (Å²) in [6.07, 6.45) is 3.70. The smallest absolute Gasteiger partial charge is 0.257 e. The number of benzene rings is 1. The first-order chi connectivity index (χ1) is 11.5. The molecule has 2 fully saturated rings. The van der Waals surface area contributed by atoms with E-state index in [9.17, 15) is 19.1 Å². The van der Waals surface area contributed by atoms with Crippen LogP contribution in [0, 0.1) is 5.82 Å². The second-order valence-corrected chi connectivity index (χ2v) is 6.65. The van der Waals surface area contributed by atoms with Crippen LogP contribution < -0.4 is 0 Å². The average Bonchev–Trinajstić information content (AvgIpc) is 2.98. The molecule has 6 heteroatoms. The summed E-state index contributed by atoms with van der Waals surface area (Å²) >= 11 is 0. The van der Waals surface area contributed by atoms with E-state index in [1.165, 1.54) is 11.0 Å². The maximum absolute atomic E-state index is 14.1. The van der Waals surface area contributed by atoms with Gasteiger partial charge in [0.2, 0.25) is 5.91 Å². The highest BCUT2D eigenvalue weighted by Crippen LogP contribution is 2.39. The molecule has 0 bridgehead atoms. The van der Waals surface area contributed by atoms with Crippen molar-refractivity contribution in [2.24, 2.45) is 0 Å². The number of hydrogen-bond donors (Lipinski definition) is 1. The molecule has 2 amide bonds. The lowest BCUT2D eigenvalue weighted by molar-refractivity contribution is -0.145. The van der Waals surface area contributed by atoms with Crippen molar-refractivity contribution in [2.45, 2.75) is 44.6 Å². The van der Waals surface area contributed by atoms with Crippen molar-refractivity contribution in [3.05, 3.63) is 29.6 Å². The standard InChI is InChI=1S/C18H23FN2O3/c1-2-9-20-10-3-7-18(17(20)24)8-4-11-21(18)16(23)14-12-13(22)5-6-15(14)19/h5-6,12,22H,2-4,7-11H2,1H3. The van der Waals surface area contributed by atoms with Crippen molar-refractivity contribution in [2.75, 3.05) is 19.6 Å². The highest BCUT2D eigenvalue weighted by molar-refractivity contribution is 6.00. The Morgan fingerprint density at radius 2 is 2.00 bits per heavy atom. The van der Waals surface area contributed by atoms with Gasteiger partial charge in [-0.3, -0.25) is 9.59 Å². The molecule has 2 aliphatic rings. The summed E-state index contributed by atoms with van der Waals surface area (Å²) in [7, 11) is 0. The summed E-state index contributed by atoms with van der Waals surface area (Å²) < 4.78 is 14.1. The number of amides is 2. The fraction of sp³-hybridized carbons (Fsp3) is 0.556. The average molecular weight is 334 g/mol. The van der Waals surface area contributed by atoms with Crippen LogP contribution in [0.1, 0.15) is 49.4 Å². The number of nitrogens with zero attached hydrogens (tertiary/aromatic N) is 2. The second kappa shape index (κ2) is 6.42. The first-order valence-electron chi connectivity index (χ1n) is 8.59. The van der Waals surface area contributed by atoms with Gasteiger partial charge in [0.15, 0.2) is 0 Å². The van der Waals surface area contributed by atoms with E-state index in [0.717, 1.165) is 37.9 Å². The summed E-state index contributed by atoms with van der Waals surface area (Å²) in [5, 5.41) is 9.58. The van der Waals surface area contributed by atoms with E-state index >= 15 is 0 Å². The largest absolute Gasteiger partial charge is 0.508 e. The zero-order valence-electron chi connectivity index (χ0n) is 13.9. The van der Waals surface area contributed by atoms with Crippen LogP contribution in [0.4, 0.5) is 4.39 Å². The van der Waals surface area contributed by atoms with Gasteiger partial charge in [0.25, 0.3) is 5.91 Å². The molecule has 1 spiro atoms. The Morgan fingerprint density at radius 1 is 1.29 bits per heavy atom. The first kappa shape index (κ1) is 16.7. The zero-order chi connectivity index (χ0) is 17.3. The van der Waals surface area contributed by atoms with Gasteiger partial charge in [-0.15, -0.1) is 0 Å². The van der Waals surface area contributed by atoms with Crippen molar-refractivity contribution in [3.63, 3.8) is 0 Å². The van der Waals surface area contributed by atoms with Crippen LogP contribution in [-0.2, 0) is 4.79 Å². The van der Waals surface area contributed by atoms with E-state index in [4.69, 9.17) is 0 Å². The minimum Gasteiger partial charge on any atom is -0.508 e. The van der Waals surface area contributed by atoms with E-state index in [1.54, 1.807) is 0 Å². The van der Waals surface area contributed by atoms with Gasteiger partial charge >= 0.3 is 0 Å². The van der Waals surface area contributed by atoms with Crippen LogP contribution in [0.2, 0.25) is 0 Å². The lowest BCUT2D eigenvalue weighted by Crippen LogP contribution is -2.61. The third kappa shape index (κ3) is 2.64. The van der Waals surface area contributed by atoms with Crippen LogP contribution >= 0.6 is 0 Å². The molecule has 2 saturated heterocycles. The maximum Gasteiger partial charge on any atom is 0.257 e. The molecule has 5 nitrogen and oxygen atoms in total. The number of carbonyl (C=O) groups is 2. The molecule has 24 heavy (non-hydrogen) atoms. The van der Waals surface area contributed by atoms with E-state index < -0.39 is 17.3 Å². The zero-order valence-corrected chi connectivity index (χ0v) is 13.9. The van der Waals surface area contributed by atoms with Gasteiger partial charge in [-0.25, -0.2) is 4.39 Å². The molecular formula is C18H23FN2O3. The number of phenols is 1. The fourth-order valence-corrected chi connectivity index (χ4v) is 4.03.